The Morgan fingerprint density at radius 1 is 0.453 bits per heavy atom. The van der Waals surface area contributed by atoms with Crippen LogP contribution in [0, 0.1) is 23.7 Å². The van der Waals surface area contributed by atoms with Gasteiger partial charge in [-0.1, -0.05) is 125 Å². The molecule has 0 saturated heterocycles. The zero-order valence-electron chi connectivity index (χ0n) is 50.6. The first-order chi connectivity index (χ1) is 40.5. The molecule has 0 radical (unpaired) electrons. The normalized spacial score (nSPS) is 16.2. The number of aliphatic hydroxyl groups excluding tert-OH is 2. The molecule has 0 saturated carbocycles. The molecule has 6 aromatic carbocycles. The molecule has 2 aliphatic rings. The maximum absolute atomic E-state index is 15.0. The number of carbonyl (C=O) groups is 4. The third-order valence-corrected chi connectivity index (χ3v) is 21.7. The van der Waals surface area contributed by atoms with Crippen LogP contribution >= 0.6 is 0 Å². The Labute approximate surface area is 505 Å². The molecule has 2 aliphatic heterocycles. The Balaban J connectivity index is 1.10. The number of rotatable bonds is 25. The molecule has 8 atom stereocenters. The molecular weight excluding hydrogens is 1140 g/mol. The second-order valence-electron chi connectivity index (χ2n) is 25.3. The predicted octanol–water partition coefficient (Wildman–Crippen LogP) is 7.35. The van der Waals surface area contributed by atoms with Crippen molar-refractivity contribution in [3.63, 3.8) is 0 Å². The summed E-state index contributed by atoms with van der Waals surface area (Å²) in [6.45, 7) is 16.2. The summed E-state index contributed by atoms with van der Waals surface area (Å²) >= 11 is 0. The van der Waals surface area contributed by atoms with E-state index in [1.54, 1.807) is 106 Å². The second-order valence-corrected chi connectivity index (χ2v) is 30.9. The Morgan fingerprint density at radius 3 is 1.16 bits per heavy atom. The van der Waals surface area contributed by atoms with Gasteiger partial charge in [-0.05, 0) is 147 Å². The van der Waals surface area contributed by atoms with Crippen LogP contribution in [0.1, 0.15) is 91.5 Å². The van der Waals surface area contributed by atoms with Crippen LogP contribution in [0.2, 0.25) is 0 Å². The SMILES string of the molecule is CC(C)[C@H](NC(=O)[C@@H](Cc1cccc2ccccc12)CS(=O)(=O)C(C)(C)C)C(=O)N[C@@H](Cc1ccc2c(c1)OCO2)[C@@H](O)[C@H](O)[C@H](Cc1ccc2c(c1)OCO2)NC(=O)[C@@H](NC(=O)[C@@H](Cc1cccc2ccccc12)CS(=O)(=O)C(C)(C)C)C(C)C. The van der Waals surface area contributed by atoms with E-state index in [1.165, 1.54) is 0 Å². The van der Waals surface area contributed by atoms with Crippen molar-refractivity contribution in [2.24, 2.45) is 23.7 Å². The fraction of sp³-hybridized carbons (Fsp3) is 0.455. The third-order valence-electron chi connectivity index (χ3n) is 16.3. The zero-order valence-corrected chi connectivity index (χ0v) is 52.2. The lowest BCUT2D eigenvalue weighted by atomic mass is 9.89. The maximum Gasteiger partial charge on any atom is 0.243 e. The van der Waals surface area contributed by atoms with Gasteiger partial charge < -0.3 is 50.4 Å². The number of fused-ring (bicyclic) bond motifs is 4. The molecule has 0 aromatic heterocycles. The Kier molecular flexibility index (Phi) is 20.2. The van der Waals surface area contributed by atoms with Gasteiger partial charge in [-0.2, -0.15) is 0 Å². The maximum atomic E-state index is 15.0. The molecule has 6 aromatic rings. The number of amides is 4. The lowest BCUT2D eigenvalue weighted by molar-refractivity contribution is -0.134. The molecule has 86 heavy (non-hydrogen) atoms. The number of nitrogens with one attached hydrogen (secondary N) is 4. The fourth-order valence-electron chi connectivity index (χ4n) is 10.7. The summed E-state index contributed by atoms with van der Waals surface area (Å²) in [6.07, 6.45) is -3.92. The summed E-state index contributed by atoms with van der Waals surface area (Å²) in [7, 11) is -7.78. The van der Waals surface area contributed by atoms with Crippen molar-refractivity contribution in [3.8, 4) is 23.0 Å². The minimum Gasteiger partial charge on any atom is -0.454 e. The van der Waals surface area contributed by atoms with Crippen molar-refractivity contribution in [3.05, 3.63) is 144 Å². The highest BCUT2D eigenvalue weighted by atomic mass is 32.2. The second kappa shape index (κ2) is 26.8. The summed E-state index contributed by atoms with van der Waals surface area (Å²) in [4.78, 5) is 59.4. The molecular formula is C66H82N4O14S2. The Bertz CT molecular complexity index is 3420. The van der Waals surface area contributed by atoms with Crippen LogP contribution < -0.4 is 40.2 Å². The molecule has 2 heterocycles. The van der Waals surface area contributed by atoms with E-state index in [0.29, 0.717) is 34.1 Å². The van der Waals surface area contributed by atoms with Crippen LogP contribution in [0.25, 0.3) is 21.5 Å². The summed E-state index contributed by atoms with van der Waals surface area (Å²) in [5, 5.41) is 40.5. The number of carbonyl (C=O) groups excluding carboxylic acids is 4. The van der Waals surface area contributed by atoms with E-state index in [4.69, 9.17) is 18.9 Å². The molecule has 20 heteroatoms. The average Bonchev–Trinajstić information content (AvgIpc) is 2.80. The fourth-order valence-corrected chi connectivity index (χ4v) is 13.3. The van der Waals surface area contributed by atoms with Crippen LogP contribution in [0.15, 0.2) is 121 Å². The lowest BCUT2D eigenvalue weighted by Crippen LogP contribution is -2.62. The molecule has 0 spiro atoms. The van der Waals surface area contributed by atoms with Crippen molar-refractivity contribution >= 4 is 64.8 Å². The number of hydrogen-bond acceptors (Lipinski definition) is 14. The highest BCUT2D eigenvalue weighted by molar-refractivity contribution is 7.93. The van der Waals surface area contributed by atoms with Gasteiger partial charge in [0, 0.05) is 0 Å². The Morgan fingerprint density at radius 2 is 0.802 bits per heavy atom. The van der Waals surface area contributed by atoms with Gasteiger partial charge in [0.05, 0.1) is 44.9 Å². The van der Waals surface area contributed by atoms with Crippen molar-refractivity contribution in [1.29, 1.82) is 0 Å². The topological polar surface area (TPSA) is 262 Å². The first kappa shape index (κ1) is 64.7. The standard InChI is InChI=1S/C66H82N4O14S2/c1-39(2)57(69-61(73)47(35-85(77,78)65(5,6)7)33-45-21-15-19-43-17-11-13-23-49(43)45)63(75)67-51(29-41-25-27-53-55(31-41)83-37-81-53)59(71)60(72)52(30-42-26-28-54-56(32-42)84-38-82-54)68-64(76)58(40(3)4)70-62(74)48(36-86(79,80)66(8,9)10)34-46-22-16-20-44-18-12-14-24-50(44)46/h11-28,31-32,39-40,47-48,51-52,57-60,71-72H,29-30,33-38H2,1-10H3,(H,67,75)(H,68,76)(H,69,73)(H,70,74)/t47-,48-,51-,52-,57-,58-,59+,60+/m0/s1. The first-order valence-electron chi connectivity index (χ1n) is 29.2. The van der Waals surface area contributed by atoms with E-state index < -0.39 is 124 Å². The Hall–Kier alpha value is -7.26. The lowest BCUT2D eigenvalue weighted by Gasteiger charge is -2.35. The molecule has 6 N–H and O–H groups in total. The van der Waals surface area contributed by atoms with Crippen LogP contribution in [-0.2, 0) is 64.5 Å². The summed E-state index contributed by atoms with van der Waals surface area (Å²) in [6, 6.07) is 31.3. The van der Waals surface area contributed by atoms with E-state index in [1.807, 2.05) is 84.9 Å². The monoisotopic (exact) mass is 1220 g/mol. The smallest absolute Gasteiger partial charge is 0.243 e. The van der Waals surface area contributed by atoms with Crippen LogP contribution in [0.5, 0.6) is 23.0 Å². The molecule has 0 aliphatic carbocycles. The van der Waals surface area contributed by atoms with Gasteiger partial charge in [0.2, 0.25) is 37.2 Å². The molecule has 0 fully saturated rings. The summed E-state index contributed by atoms with van der Waals surface area (Å²) in [5.41, 5.74) is 2.58. The first-order valence-corrected chi connectivity index (χ1v) is 32.5. The van der Waals surface area contributed by atoms with Gasteiger partial charge >= 0.3 is 0 Å². The number of ether oxygens (including phenoxy) is 4. The van der Waals surface area contributed by atoms with E-state index in [2.05, 4.69) is 21.3 Å². The molecule has 0 unspecified atom stereocenters. The minimum atomic E-state index is -3.89. The molecule has 4 amide bonds. The van der Waals surface area contributed by atoms with Gasteiger partial charge in [0.15, 0.2) is 42.7 Å². The third kappa shape index (κ3) is 15.5. The molecule has 18 nitrogen and oxygen atoms in total. The number of benzene rings is 6. The largest absolute Gasteiger partial charge is 0.454 e. The number of hydrogen-bond donors (Lipinski definition) is 6. The van der Waals surface area contributed by atoms with E-state index in [9.17, 15) is 46.2 Å². The predicted molar refractivity (Wildman–Crippen MR) is 331 cm³/mol. The summed E-state index contributed by atoms with van der Waals surface area (Å²) < 4.78 is 75.7. The number of aliphatic hydroxyl groups is 2. The van der Waals surface area contributed by atoms with E-state index in [-0.39, 0.29) is 39.3 Å². The number of sulfone groups is 2. The van der Waals surface area contributed by atoms with E-state index >= 15 is 0 Å². The van der Waals surface area contributed by atoms with Crippen LogP contribution in [0.4, 0.5) is 0 Å². The molecule has 462 valence electrons. The van der Waals surface area contributed by atoms with Gasteiger partial charge in [0.25, 0.3) is 0 Å². The highest BCUT2D eigenvalue weighted by Gasteiger charge is 2.41. The minimum absolute atomic E-state index is 0.0332. The van der Waals surface area contributed by atoms with Gasteiger partial charge in [0.1, 0.15) is 24.3 Å². The average molecular weight is 1220 g/mol. The molecule has 8 rings (SSSR count). The van der Waals surface area contributed by atoms with Crippen molar-refractivity contribution in [1.82, 2.24) is 21.3 Å². The summed E-state index contributed by atoms with van der Waals surface area (Å²) in [5.74, 6) is -5.60. The highest BCUT2D eigenvalue weighted by Crippen LogP contribution is 2.35. The van der Waals surface area contributed by atoms with Gasteiger partial charge in [-0.25, -0.2) is 16.8 Å². The van der Waals surface area contributed by atoms with Crippen LogP contribution in [-0.4, -0.2) is 122 Å². The molecule has 0 bridgehead atoms. The van der Waals surface area contributed by atoms with Gasteiger partial charge in [-0.3, -0.25) is 19.2 Å². The quantitative estimate of drug-likeness (QED) is 0.0328. The van der Waals surface area contributed by atoms with Crippen molar-refractivity contribution in [2.45, 2.75) is 141 Å². The van der Waals surface area contributed by atoms with E-state index in [0.717, 1.165) is 32.7 Å². The van der Waals surface area contributed by atoms with Crippen molar-refractivity contribution < 1.29 is 65.2 Å². The van der Waals surface area contributed by atoms with Gasteiger partial charge in [-0.15, -0.1) is 0 Å². The van der Waals surface area contributed by atoms with Crippen LogP contribution in [0.3, 0.4) is 0 Å². The zero-order chi connectivity index (χ0) is 62.5. The van der Waals surface area contributed by atoms with Crippen molar-refractivity contribution in [2.75, 3.05) is 25.1 Å².